The van der Waals surface area contributed by atoms with Gasteiger partial charge in [-0.15, -0.1) is 15.3 Å². The lowest BCUT2D eigenvalue weighted by molar-refractivity contribution is 0.0782. The van der Waals surface area contributed by atoms with E-state index in [1.54, 1.807) is 23.0 Å². The van der Waals surface area contributed by atoms with Gasteiger partial charge in [0.05, 0.1) is 0 Å². The lowest BCUT2D eigenvalue weighted by Crippen LogP contribution is -2.33. The van der Waals surface area contributed by atoms with E-state index in [4.69, 9.17) is 0 Å². The van der Waals surface area contributed by atoms with Crippen LogP contribution < -0.4 is 4.90 Å². The normalized spacial score (nSPS) is 22.2. The van der Waals surface area contributed by atoms with E-state index in [9.17, 15) is 9.18 Å². The maximum Gasteiger partial charge on any atom is 0.253 e. The van der Waals surface area contributed by atoms with E-state index in [0.29, 0.717) is 30.5 Å². The molecule has 2 aliphatic rings. The molecule has 0 saturated carbocycles. The minimum Gasteiger partial charge on any atom is -0.354 e. The number of benzene rings is 1. The van der Waals surface area contributed by atoms with Crippen molar-refractivity contribution in [2.75, 3.05) is 31.1 Å². The van der Waals surface area contributed by atoms with Crippen LogP contribution in [0.4, 0.5) is 10.2 Å². The Balaban J connectivity index is 1.29. The standard InChI is InChI=1S/C18H17FN6O/c19-15-3-1-2-12(6-15)18(26)24-9-13-7-23(8-14(13)10-24)17-5-4-16-21-20-11-25(16)22-17/h1-6,11,13-14H,7-10H2. The molecule has 4 heterocycles. The molecule has 2 aliphatic heterocycles. The maximum absolute atomic E-state index is 13.4. The summed E-state index contributed by atoms with van der Waals surface area (Å²) >= 11 is 0. The number of hydrogen-bond acceptors (Lipinski definition) is 5. The Morgan fingerprint density at radius 3 is 2.65 bits per heavy atom. The van der Waals surface area contributed by atoms with Gasteiger partial charge in [-0.2, -0.15) is 4.52 Å². The summed E-state index contributed by atoms with van der Waals surface area (Å²) in [6, 6.07) is 9.77. The van der Waals surface area contributed by atoms with Crippen LogP contribution in [0.1, 0.15) is 10.4 Å². The molecule has 2 atom stereocenters. The number of amides is 1. The molecular formula is C18H17FN6O. The molecule has 5 rings (SSSR count). The average molecular weight is 352 g/mol. The van der Waals surface area contributed by atoms with Crippen molar-refractivity contribution < 1.29 is 9.18 Å². The van der Waals surface area contributed by atoms with Crippen LogP contribution in [0.15, 0.2) is 42.7 Å². The van der Waals surface area contributed by atoms with Crippen molar-refractivity contribution in [2.45, 2.75) is 0 Å². The molecule has 26 heavy (non-hydrogen) atoms. The summed E-state index contributed by atoms with van der Waals surface area (Å²) in [5.74, 6) is 1.25. The van der Waals surface area contributed by atoms with Crippen LogP contribution in [0.2, 0.25) is 0 Å². The second-order valence-electron chi connectivity index (χ2n) is 6.97. The number of carbonyl (C=O) groups is 1. The van der Waals surface area contributed by atoms with Gasteiger partial charge in [0.2, 0.25) is 0 Å². The van der Waals surface area contributed by atoms with Gasteiger partial charge in [0.15, 0.2) is 5.65 Å². The van der Waals surface area contributed by atoms with E-state index in [1.165, 1.54) is 12.1 Å². The van der Waals surface area contributed by atoms with Gasteiger partial charge in [0.25, 0.3) is 5.91 Å². The minimum atomic E-state index is -0.378. The smallest absolute Gasteiger partial charge is 0.253 e. The summed E-state index contributed by atoms with van der Waals surface area (Å²) in [5, 5.41) is 12.4. The first-order chi connectivity index (χ1) is 12.7. The second kappa shape index (κ2) is 5.76. The third-order valence-electron chi connectivity index (χ3n) is 5.32. The Kier molecular flexibility index (Phi) is 3.37. The molecular weight excluding hydrogens is 335 g/mol. The van der Waals surface area contributed by atoms with Crippen LogP contribution in [-0.2, 0) is 0 Å². The minimum absolute atomic E-state index is 0.0884. The number of likely N-dealkylation sites (tertiary alicyclic amines) is 1. The molecule has 0 N–H and O–H groups in total. The third kappa shape index (κ3) is 2.49. The second-order valence-corrected chi connectivity index (χ2v) is 6.97. The van der Waals surface area contributed by atoms with Gasteiger partial charge in [-0.3, -0.25) is 4.79 Å². The van der Waals surface area contributed by atoms with Crippen molar-refractivity contribution in [3.63, 3.8) is 0 Å². The predicted molar refractivity (Wildman–Crippen MR) is 92.3 cm³/mol. The van der Waals surface area contributed by atoms with E-state index in [1.807, 2.05) is 17.0 Å². The lowest BCUT2D eigenvalue weighted by Gasteiger charge is -2.22. The monoisotopic (exact) mass is 352 g/mol. The molecule has 0 radical (unpaired) electrons. The Hall–Kier alpha value is -3.03. The zero-order chi connectivity index (χ0) is 17.7. The molecule has 0 spiro atoms. The fourth-order valence-electron chi connectivity index (χ4n) is 4.04. The SMILES string of the molecule is O=C(c1cccc(F)c1)N1CC2CN(c3ccc4nncn4n3)CC2C1. The zero-order valence-electron chi connectivity index (χ0n) is 14.0. The number of aromatic nitrogens is 4. The average Bonchev–Trinajstić information content (AvgIpc) is 3.34. The Morgan fingerprint density at radius 2 is 1.88 bits per heavy atom. The summed E-state index contributed by atoms with van der Waals surface area (Å²) in [5.41, 5.74) is 1.14. The number of anilines is 1. The number of hydrogen-bond donors (Lipinski definition) is 0. The number of halogens is 1. The van der Waals surface area contributed by atoms with Gasteiger partial charge in [-0.25, -0.2) is 4.39 Å². The largest absolute Gasteiger partial charge is 0.354 e. The molecule has 2 fully saturated rings. The van der Waals surface area contributed by atoms with Gasteiger partial charge in [0, 0.05) is 43.6 Å². The quantitative estimate of drug-likeness (QED) is 0.699. The van der Waals surface area contributed by atoms with E-state index in [-0.39, 0.29) is 11.7 Å². The fraction of sp³-hybridized carbons (Fsp3) is 0.333. The first kappa shape index (κ1) is 15.2. The van der Waals surface area contributed by atoms with Crippen LogP contribution >= 0.6 is 0 Å². The first-order valence-corrected chi connectivity index (χ1v) is 8.64. The Bertz CT molecular complexity index is 974. The van der Waals surface area contributed by atoms with Crippen LogP contribution in [0, 0.1) is 17.7 Å². The van der Waals surface area contributed by atoms with E-state index >= 15 is 0 Å². The van der Waals surface area contributed by atoms with Crippen molar-refractivity contribution in [3.05, 3.63) is 54.1 Å². The molecule has 0 bridgehead atoms. The van der Waals surface area contributed by atoms with Crippen molar-refractivity contribution in [1.82, 2.24) is 24.7 Å². The number of fused-ring (bicyclic) bond motifs is 2. The van der Waals surface area contributed by atoms with E-state index in [0.717, 1.165) is 24.6 Å². The van der Waals surface area contributed by atoms with Crippen LogP contribution in [-0.4, -0.2) is 56.8 Å². The molecule has 0 aliphatic carbocycles. The van der Waals surface area contributed by atoms with Crippen molar-refractivity contribution >= 4 is 17.4 Å². The molecule has 1 amide bonds. The molecule has 1 aromatic carbocycles. The van der Waals surface area contributed by atoms with Gasteiger partial charge in [0.1, 0.15) is 18.0 Å². The molecule has 132 valence electrons. The van der Waals surface area contributed by atoms with Gasteiger partial charge >= 0.3 is 0 Å². The molecule has 8 heteroatoms. The number of nitrogens with zero attached hydrogens (tertiary/aromatic N) is 6. The summed E-state index contributed by atoms with van der Waals surface area (Å²) in [7, 11) is 0. The highest BCUT2D eigenvalue weighted by Crippen LogP contribution is 2.33. The summed E-state index contributed by atoms with van der Waals surface area (Å²) < 4.78 is 15.0. The zero-order valence-corrected chi connectivity index (χ0v) is 14.0. The highest BCUT2D eigenvalue weighted by Gasteiger charge is 2.42. The topological polar surface area (TPSA) is 66.6 Å². The first-order valence-electron chi connectivity index (χ1n) is 8.64. The maximum atomic E-state index is 13.4. The van der Waals surface area contributed by atoms with Gasteiger partial charge in [-0.05, 0) is 30.3 Å². The predicted octanol–water partition coefficient (Wildman–Crippen LogP) is 1.47. The molecule has 3 aromatic rings. The van der Waals surface area contributed by atoms with Crippen molar-refractivity contribution in [2.24, 2.45) is 11.8 Å². The van der Waals surface area contributed by atoms with Crippen LogP contribution in [0.3, 0.4) is 0 Å². The summed E-state index contributed by atoms with van der Waals surface area (Å²) in [6.45, 7) is 3.12. The number of carbonyl (C=O) groups excluding carboxylic acids is 1. The number of rotatable bonds is 2. The van der Waals surface area contributed by atoms with Gasteiger partial charge < -0.3 is 9.80 Å². The van der Waals surface area contributed by atoms with E-state index in [2.05, 4.69) is 20.2 Å². The molecule has 2 aromatic heterocycles. The summed E-state index contributed by atoms with van der Waals surface area (Å²) in [6.07, 6.45) is 1.59. The van der Waals surface area contributed by atoms with E-state index < -0.39 is 0 Å². The molecule has 2 unspecified atom stereocenters. The van der Waals surface area contributed by atoms with Crippen molar-refractivity contribution in [1.29, 1.82) is 0 Å². The van der Waals surface area contributed by atoms with Crippen molar-refractivity contribution in [3.8, 4) is 0 Å². The van der Waals surface area contributed by atoms with Crippen LogP contribution in [0.5, 0.6) is 0 Å². The fourth-order valence-corrected chi connectivity index (χ4v) is 4.04. The van der Waals surface area contributed by atoms with Gasteiger partial charge in [-0.1, -0.05) is 6.07 Å². The third-order valence-corrected chi connectivity index (χ3v) is 5.32. The molecule has 2 saturated heterocycles. The summed E-state index contributed by atoms with van der Waals surface area (Å²) in [4.78, 5) is 16.7. The Morgan fingerprint density at radius 1 is 1.08 bits per heavy atom. The lowest BCUT2D eigenvalue weighted by atomic mass is 10.0. The Labute approximate surface area is 149 Å². The highest BCUT2D eigenvalue weighted by molar-refractivity contribution is 5.94. The highest BCUT2D eigenvalue weighted by atomic mass is 19.1. The van der Waals surface area contributed by atoms with Crippen LogP contribution in [0.25, 0.3) is 5.65 Å². The molecule has 7 nitrogen and oxygen atoms in total.